The SMILES string of the molecule is C[N+](C)(CCC(CO)NS(=O)(=O)C(F)(F)C(F)(F)C(F)(F)C(F)(F)C(F)(F)C(F)(F)C(F)(F)C(F)(F)C(F)(F)C(F)(F)C(F)(F)C(F)(F)F)CC(O)CO. The summed E-state index contributed by atoms with van der Waals surface area (Å²) >= 11 is 0. The van der Waals surface area contributed by atoms with Crippen LogP contribution in [-0.4, -0.2) is 151 Å². The van der Waals surface area contributed by atoms with Crippen molar-refractivity contribution in [2.75, 3.05) is 40.4 Å². The van der Waals surface area contributed by atoms with Crippen molar-refractivity contribution in [3.63, 3.8) is 0 Å². The molecule has 0 aliphatic heterocycles. The van der Waals surface area contributed by atoms with Crippen LogP contribution in [0.3, 0.4) is 0 Å². The van der Waals surface area contributed by atoms with Crippen LogP contribution in [0.15, 0.2) is 0 Å². The van der Waals surface area contributed by atoms with Crippen molar-refractivity contribution in [2.45, 2.75) is 89.2 Å². The van der Waals surface area contributed by atoms with Gasteiger partial charge in [-0.05, 0) is 0 Å². The lowest BCUT2D eigenvalue weighted by Gasteiger charge is -2.45. The van der Waals surface area contributed by atoms with E-state index in [9.17, 15) is 123 Å². The molecule has 0 spiro atoms. The monoisotopic (exact) mass is 889 g/mol. The Kier molecular flexibility index (Phi) is 13.9. The molecular weight excluding hydrogens is 867 g/mol. The first-order valence-corrected chi connectivity index (χ1v) is 14.5. The highest BCUT2D eigenvalue weighted by Crippen LogP contribution is 2.68. The van der Waals surface area contributed by atoms with Crippen LogP contribution < -0.4 is 4.72 Å². The van der Waals surface area contributed by atoms with Crippen LogP contribution in [0.4, 0.5) is 110 Å². The maximum Gasteiger partial charge on any atom is 0.460 e. The highest BCUT2D eigenvalue weighted by atomic mass is 32.2. The Bertz CT molecular complexity index is 1420. The molecule has 4 N–H and O–H groups in total. The summed E-state index contributed by atoms with van der Waals surface area (Å²) in [5.41, 5.74) is 0. The summed E-state index contributed by atoms with van der Waals surface area (Å²) < 4.78 is 364. The van der Waals surface area contributed by atoms with Crippen LogP contribution >= 0.6 is 0 Å². The Morgan fingerprint density at radius 2 is 0.778 bits per heavy atom. The molecule has 7 nitrogen and oxygen atoms in total. The van der Waals surface area contributed by atoms with Crippen LogP contribution in [0.25, 0.3) is 0 Å². The molecule has 2 unspecified atom stereocenters. The van der Waals surface area contributed by atoms with Gasteiger partial charge in [0.05, 0.1) is 39.9 Å². The molecule has 0 bridgehead atoms. The van der Waals surface area contributed by atoms with Gasteiger partial charge < -0.3 is 19.8 Å². The molecular formula is C21H22F25N2O5S+. The minimum atomic E-state index is -9.80. The molecule has 2 atom stereocenters. The molecule has 0 saturated heterocycles. The van der Waals surface area contributed by atoms with Crippen LogP contribution in [-0.2, 0) is 10.0 Å². The van der Waals surface area contributed by atoms with Crippen LogP contribution in [0, 0.1) is 0 Å². The number of sulfonamides is 1. The van der Waals surface area contributed by atoms with E-state index in [-0.39, 0.29) is 4.72 Å². The first-order valence-electron chi connectivity index (χ1n) is 13.1. The molecule has 0 rings (SSSR count). The lowest BCUT2D eigenvalue weighted by Crippen LogP contribution is -2.78. The summed E-state index contributed by atoms with van der Waals surface area (Å²) in [5, 5.41) is 19.3. The van der Waals surface area contributed by atoms with Crippen molar-refractivity contribution >= 4 is 10.0 Å². The van der Waals surface area contributed by atoms with Gasteiger partial charge in [-0.15, -0.1) is 0 Å². The number of halogens is 25. The van der Waals surface area contributed by atoms with Crippen molar-refractivity contribution in [3.8, 4) is 0 Å². The second-order valence-electron chi connectivity index (χ2n) is 11.7. The second kappa shape index (κ2) is 14.4. The minimum absolute atomic E-state index is 0.261. The average Bonchev–Trinajstić information content (AvgIpc) is 2.96. The standard InChI is InChI=1S/C21H22F25N2O5S/c1-48(2,5-9(51)7-50)4-3-8(6-49)47-54(52,53)21(45,46)19(40,41)17(36,37)15(32,33)13(28,29)11(24,25)10(22,23)12(26,27)14(30,31)16(34,35)18(38,39)20(42,43)44/h8-9,47,49-51H,3-7H2,1-2H3/q+1. The van der Waals surface area contributed by atoms with E-state index in [1.807, 2.05) is 0 Å². The van der Waals surface area contributed by atoms with Gasteiger partial charge in [-0.2, -0.15) is 110 Å². The molecule has 33 heteroatoms. The van der Waals surface area contributed by atoms with Gasteiger partial charge in [-0.25, -0.2) is 13.1 Å². The third-order valence-corrected chi connectivity index (χ3v) is 8.72. The van der Waals surface area contributed by atoms with Gasteiger partial charge in [0.15, 0.2) is 0 Å². The molecule has 0 fully saturated rings. The smallest absolute Gasteiger partial charge is 0.395 e. The number of hydrogen-bond acceptors (Lipinski definition) is 5. The van der Waals surface area contributed by atoms with Gasteiger partial charge in [-0.3, -0.25) is 0 Å². The van der Waals surface area contributed by atoms with Crippen LogP contribution in [0.5, 0.6) is 0 Å². The fraction of sp³-hybridized carbons (Fsp3) is 1.00. The van der Waals surface area contributed by atoms with Gasteiger partial charge in [0.25, 0.3) is 10.0 Å². The maximum atomic E-state index is 14.4. The second-order valence-corrected chi connectivity index (χ2v) is 13.5. The lowest BCUT2D eigenvalue weighted by molar-refractivity contribution is -0.893. The summed E-state index contributed by atoms with van der Waals surface area (Å²) in [7, 11) is -5.73. The number of rotatable bonds is 20. The van der Waals surface area contributed by atoms with E-state index < -0.39 is 130 Å². The molecule has 0 amide bonds. The first-order chi connectivity index (χ1) is 23.1. The zero-order valence-electron chi connectivity index (χ0n) is 25.7. The predicted molar refractivity (Wildman–Crippen MR) is 123 cm³/mol. The summed E-state index contributed by atoms with van der Waals surface area (Å²) in [6, 6.07) is -2.63. The number of alkyl halides is 25. The summed E-state index contributed by atoms with van der Waals surface area (Å²) in [5.74, 6) is -94.3. The zero-order valence-corrected chi connectivity index (χ0v) is 26.5. The highest BCUT2D eigenvalue weighted by Gasteiger charge is 3.00. The van der Waals surface area contributed by atoms with E-state index >= 15 is 0 Å². The Balaban J connectivity index is 7.18. The van der Waals surface area contributed by atoms with Gasteiger partial charge >= 0.3 is 70.7 Å². The number of hydrogen-bond donors (Lipinski definition) is 4. The lowest BCUT2D eigenvalue weighted by atomic mass is 9.85. The number of aliphatic hydroxyl groups excluding tert-OH is 3. The fourth-order valence-corrected chi connectivity index (χ4v) is 5.06. The van der Waals surface area contributed by atoms with Gasteiger partial charge in [0.2, 0.25) is 0 Å². The van der Waals surface area contributed by atoms with E-state index in [0.717, 1.165) is 14.1 Å². The highest BCUT2D eigenvalue weighted by molar-refractivity contribution is 7.90. The van der Waals surface area contributed by atoms with Crippen molar-refractivity contribution < 1.29 is 138 Å². The van der Waals surface area contributed by atoms with E-state index in [0.29, 0.717) is 0 Å². The van der Waals surface area contributed by atoms with E-state index in [2.05, 4.69) is 0 Å². The molecule has 0 aromatic carbocycles. The molecule has 0 aromatic heterocycles. The fourth-order valence-electron chi connectivity index (χ4n) is 3.81. The van der Waals surface area contributed by atoms with E-state index in [1.165, 1.54) is 0 Å². The Morgan fingerprint density at radius 3 is 1.04 bits per heavy atom. The molecule has 0 radical (unpaired) electrons. The average molecular weight is 889 g/mol. The number of nitrogens with one attached hydrogen (secondary N) is 1. The van der Waals surface area contributed by atoms with Crippen LogP contribution in [0.2, 0.25) is 0 Å². The molecule has 54 heavy (non-hydrogen) atoms. The number of nitrogens with zero attached hydrogens (tertiary/aromatic N) is 1. The first kappa shape index (κ1) is 52.0. The van der Waals surface area contributed by atoms with Crippen molar-refractivity contribution in [2.24, 2.45) is 0 Å². The van der Waals surface area contributed by atoms with Gasteiger partial charge in [0, 0.05) is 6.42 Å². The molecule has 326 valence electrons. The van der Waals surface area contributed by atoms with Crippen molar-refractivity contribution in [1.82, 2.24) is 4.72 Å². The van der Waals surface area contributed by atoms with E-state index in [1.54, 1.807) is 0 Å². The molecule has 0 aliphatic carbocycles. The number of likely N-dealkylation sites (N-methyl/N-ethyl adjacent to an activating group) is 1. The summed E-state index contributed by atoms with van der Waals surface area (Å²) in [4.78, 5) is 0. The van der Waals surface area contributed by atoms with Gasteiger partial charge in [-0.1, -0.05) is 0 Å². The Hall–Kier alpha value is -2.00. The third-order valence-electron chi connectivity index (χ3n) is 7.15. The Labute approximate surface area is 283 Å². The largest absolute Gasteiger partial charge is 0.460 e. The van der Waals surface area contributed by atoms with Gasteiger partial charge in [0.1, 0.15) is 12.6 Å². The maximum absolute atomic E-state index is 14.4. The quantitative estimate of drug-likeness (QED) is 0.0943. The molecule has 0 heterocycles. The van der Waals surface area contributed by atoms with E-state index in [4.69, 9.17) is 10.2 Å². The third kappa shape index (κ3) is 7.56. The minimum Gasteiger partial charge on any atom is -0.395 e. The topological polar surface area (TPSA) is 107 Å². The molecule has 0 aliphatic rings. The van der Waals surface area contributed by atoms with Crippen molar-refractivity contribution in [3.05, 3.63) is 0 Å². The zero-order chi connectivity index (χ0) is 44.4. The number of quaternary nitrogens is 1. The Morgan fingerprint density at radius 1 is 0.500 bits per heavy atom. The predicted octanol–water partition coefficient (Wildman–Crippen LogP) is 5.59. The molecule has 0 saturated carbocycles. The number of aliphatic hydroxyl groups is 3. The summed E-state index contributed by atoms with van der Waals surface area (Å²) in [6.45, 7) is -4.00. The normalized spacial score (nSPS) is 17.5. The van der Waals surface area contributed by atoms with Crippen LogP contribution in [0.1, 0.15) is 6.42 Å². The van der Waals surface area contributed by atoms with Crippen molar-refractivity contribution in [1.29, 1.82) is 0 Å². The molecule has 0 aromatic rings. The summed E-state index contributed by atoms with van der Waals surface area (Å²) in [6.07, 6.45) is -11.0.